The van der Waals surface area contributed by atoms with Crippen LogP contribution in [0.15, 0.2) is 23.4 Å². The molecule has 0 fully saturated rings. The summed E-state index contributed by atoms with van der Waals surface area (Å²) in [6.07, 6.45) is 1.06. The van der Waals surface area contributed by atoms with Gasteiger partial charge in [-0.25, -0.2) is 0 Å². The lowest BCUT2D eigenvalue weighted by atomic mass is 10.1. The Morgan fingerprint density at radius 1 is 1.42 bits per heavy atom. The van der Waals surface area contributed by atoms with Crippen LogP contribution < -0.4 is 4.74 Å². The van der Waals surface area contributed by atoms with E-state index < -0.39 is 6.10 Å². The Kier molecular flexibility index (Phi) is 3.74. The third kappa shape index (κ3) is 2.70. The molecule has 1 unspecified atom stereocenters. The number of nitrogens with zero attached hydrogens (tertiary/aromatic N) is 2. The number of likely N-dealkylation sites (N-methyl/N-ethyl adjacent to an activating group) is 1. The molecule has 102 valence electrons. The minimum atomic E-state index is -0.513. The molecule has 0 heterocycles. The fraction of sp³-hybridized carbons (Fsp3) is 0.429. The van der Waals surface area contributed by atoms with Gasteiger partial charge < -0.3 is 14.8 Å². The number of benzene rings is 1. The molecule has 2 rings (SSSR count). The van der Waals surface area contributed by atoms with Crippen molar-refractivity contribution in [2.45, 2.75) is 25.9 Å². The lowest BCUT2D eigenvalue weighted by molar-refractivity contribution is -0.135. The molecule has 0 saturated carbocycles. The third-order valence-corrected chi connectivity index (χ3v) is 3.24. The Morgan fingerprint density at radius 3 is 2.79 bits per heavy atom. The maximum atomic E-state index is 11.7. The van der Waals surface area contributed by atoms with Crippen molar-refractivity contribution in [1.82, 2.24) is 4.90 Å². The number of hydrogen-bond acceptors (Lipinski definition) is 4. The highest BCUT2D eigenvalue weighted by molar-refractivity contribution is 6.04. The molecule has 1 aromatic carbocycles. The van der Waals surface area contributed by atoms with Crippen LogP contribution in [0.5, 0.6) is 5.75 Å². The first kappa shape index (κ1) is 13.4. The number of rotatable bonds is 3. The zero-order chi connectivity index (χ0) is 14.0. The van der Waals surface area contributed by atoms with Gasteiger partial charge in [-0.1, -0.05) is 5.16 Å². The van der Waals surface area contributed by atoms with Gasteiger partial charge in [-0.15, -0.1) is 0 Å². The molecular formula is C14H18N2O3. The Hall–Kier alpha value is -2.04. The van der Waals surface area contributed by atoms with Crippen molar-refractivity contribution in [3.63, 3.8) is 0 Å². The topological polar surface area (TPSA) is 62.1 Å². The summed E-state index contributed by atoms with van der Waals surface area (Å²) >= 11 is 0. The van der Waals surface area contributed by atoms with Gasteiger partial charge in [0, 0.05) is 19.7 Å². The standard InChI is InChI=1S/C14H18N2O3/c1-9(14(17)16(2)3)19-11-5-6-12-10(8-11)4-7-13(12)15-18/h5-6,8-9,18H,4,7H2,1-3H3/b15-13+. The van der Waals surface area contributed by atoms with Crippen molar-refractivity contribution in [3.05, 3.63) is 29.3 Å². The monoisotopic (exact) mass is 262 g/mol. The molecule has 0 aromatic heterocycles. The fourth-order valence-corrected chi connectivity index (χ4v) is 2.24. The lowest BCUT2D eigenvalue weighted by Gasteiger charge is -2.18. The molecule has 1 aliphatic carbocycles. The van der Waals surface area contributed by atoms with Crippen LogP contribution in [0, 0.1) is 0 Å². The first-order chi connectivity index (χ1) is 9.02. The quantitative estimate of drug-likeness (QED) is 0.665. The highest BCUT2D eigenvalue weighted by atomic mass is 16.5. The number of oxime groups is 1. The molecule has 1 aromatic rings. The number of carbonyl (C=O) groups excluding carboxylic acids is 1. The Labute approximate surface area is 112 Å². The predicted octanol–water partition coefficient (Wildman–Crippen LogP) is 1.67. The van der Waals surface area contributed by atoms with Gasteiger partial charge in [0.2, 0.25) is 0 Å². The molecule has 5 heteroatoms. The van der Waals surface area contributed by atoms with Gasteiger partial charge in [0.05, 0.1) is 5.71 Å². The molecule has 1 atom stereocenters. The van der Waals surface area contributed by atoms with Gasteiger partial charge in [0.25, 0.3) is 5.91 Å². The van der Waals surface area contributed by atoms with Crippen molar-refractivity contribution in [1.29, 1.82) is 0 Å². The summed E-state index contributed by atoms with van der Waals surface area (Å²) < 4.78 is 5.64. The van der Waals surface area contributed by atoms with Gasteiger partial charge in [-0.2, -0.15) is 0 Å². The van der Waals surface area contributed by atoms with E-state index in [1.807, 2.05) is 12.1 Å². The van der Waals surface area contributed by atoms with Gasteiger partial charge >= 0.3 is 0 Å². The van der Waals surface area contributed by atoms with Crippen LogP contribution in [-0.4, -0.2) is 41.9 Å². The average molecular weight is 262 g/mol. The Bertz CT molecular complexity index is 523. The van der Waals surface area contributed by atoms with Crippen LogP contribution in [0.25, 0.3) is 0 Å². The van der Waals surface area contributed by atoms with E-state index >= 15 is 0 Å². The van der Waals surface area contributed by atoms with Gasteiger partial charge in [-0.05, 0) is 43.5 Å². The normalized spacial score (nSPS) is 17.1. The summed E-state index contributed by atoms with van der Waals surface area (Å²) in [5, 5.41) is 12.2. The molecule has 5 nitrogen and oxygen atoms in total. The Morgan fingerprint density at radius 2 is 2.16 bits per heavy atom. The highest BCUT2D eigenvalue weighted by Crippen LogP contribution is 2.27. The largest absolute Gasteiger partial charge is 0.481 e. The maximum absolute atomic E-state index is 11.7. The van der Waals surface area contributed by atoms with E-state index in [1.54, 1.807) is 27.1 Å². The maximum Gasteiger partial charge on any atom is 0.262 e. The molecular weight excluding hydrogens is 244 g/mol. The smallest absolute Gasteiger partial charge is 0.262 e. The van der Waals surface area contributed by atoms with E-state index in [2.05, 4.69) is 5.16 Å². The first-order valence-electron chi connectivity index (χ1n) is 6.25. The van der Waals surface area contributed by atoms with Crippen molar-refractivity contribution < 1.29 is 14.7 Å². The van der Waals surface area contributed by atoms with E-state index in [4.69, 9.17) is 9.94 Å². The van der Waals surface area contributed by atoms with Crippen LogP contribution >= 0.6 is 0 Å². The molecule has 1 N–H and O–H groups in total. The molecule has 0 radical (unpaired) electrons. The predicted molar refractivity (Wildman–Crippen MR) is 71.9 cm³/mol. The highest BCUT2D eigenvalue weighted by Gasteiger charge is 2.21. The second kappa shape index (κ2) is 5.30. The zero-order valence-electron chi connectivity index (χ0n) is 11.4. The minimum absolute atomic E-state index is 0.0712. The zero-order valence-corrected chi connectivity index (χ0v) is 11.4. The molecule has 19 heavy (non-hydrogen) atoms. The molecule has 0 bridgehead atoms. The third-order valence-electron chi connectivity index (χ3n) is 3.24. The fourth-order valence-electron chi connectivity index (χ4n) is 2.24. The molecule has 1 aliphatic rings. The summed E-state index contributed by atoms with van der Waals surface area (Å²) in [7, 11) is 3.41. The van der Waals surface area contributed by atoms with Crippen molar-refractivity contribution >= 4 is 11.6 Å². The lowest BCUT2D eigenvalue weighted by Crippen LogP contribution is -2.35. The molecule has 1 amide bonds. The van der Waals surface area contributed by atoms with Crippen LogP contribution in [-0.2, 0) is 11.2 Å². The first-order valence-corrected chi connectivity index (χ1v) is 6.25. The van der Waals surface area contributed by atoms with Crippen LogP contribution in [0.3, 0.4) is 0 Å². The summed E-state index contributed by atoms with van der Waals surface area (Å²) in [5.41, 5.74) is 2.76. The van der Waals surface area contributed by atoms with Crippen LogP contribution in [0.1, 0.15) is 24.5 Å². The number of ether oxygens (including phenoxy) is 1. The number of fused-ring (bicyclic) bond motifs is 1. The summed E-state index contributed by atoms with van der Waals surface area (Å²) in [6.45, 7) is 1.73. The van der Waals surface area contributed by atoms with E-state index in [0.717, 1.165) is 24.0 Å². The molecule has 0 saturated heterocycles. The SMILES string of the molecule is CC(Oc1ccc2c(c1)CC/C2=N\O)C(=O)N(C)C. The van der Waals surface area contributed by atoms with E-state index in [0.29, 0.717) is 11.5 Å². The minimum Gasteiger partial charge on any atom is -0.481 e. The summed E-state index contributed by atoms with van der Waals surface area (Å²) in [4.78, 5) is 13.2. The van der Waals surface area contributed by atoms with Crippen molar-refractivity contribution in [2.75, 3.05) is 14.1 Å². The Balaban J connectivity index is 2.14. The van der Waals surface area contributed by atoms with Crippen LogP contribution in [0.4, 0.5) is 0 Å². The van der Waals surface area contributed by atoms with Crippen molar-refractivity contribution in [2.24, 2.45) is 5.16 Å². The number of carbonyl (C=O) groups is 1. The van der Waals surface area contributed by atoms with Gasteiger partial charge in [-0.3, -0.25) is 4.79 Å². The summed E-state index contributed by atoms with van der Waals surface area (Å²) in [5.74, 6) is 0.596. The number of aryl methyl sites for hydroxylation is 1. The van der Waals surface area contributed by atoms with Gasteiger partial charge in [0.1, 0.15) is 5.75 Å². The van der Waals surface area contributed by atoms with E-state index in [-0.39, 0.29) is 5.91 Å². The van der Waals surface area contributed by atoms with Gasteiger partial charge in [0.15, 0.2) is 6.10 Å². The second-order valence-corrected chi connectivity index (χ2v) is 4.86. The number of hydrogen-bond donors (Lipinski definition) is 1. The van der Waals surface area contributed by atoms with Crippen LogP contribution in [0.2, 0.25) is 0 Å². The number of amides is 1. The second-order valence-electron chi connectivity index (χ2n) is 4.86. The van der Waals surface area contributed by atoms with E-state index in [1.165, 1.54) is 4.90 Å². The van der Waals surface area contributed by atoms with E-state index in [9.17, 15) is 4.79 Å². The molecule has 0 spiro atoms. The summed E-state index contributed by atoms with van der Waals surface area (Å²) in [6, 6.07) is 5.58. The van der Waals surface area contributed by atoms with Crippen molar-refractivity contribution in [3.8, 4) is 5.75 Å². The molecule has 0 aliphatic heterocycles. The average Bonchev–Trinajstić information content (AvgIpc) is 2.79.